The molecule has 16 heteroatoms. The Morgan fingerprint density at radius 1 is 0.635 bits per heavy atom. The summed E-state index contributed by atoms with van der Waals surface area (Å²) in [5.74, 6) is -3.95. The smallest absolute Gasteiger partial charge is 0.308 e. The summed E-state index contributed by atoms with van der Waals surface area (Å²) < 4.78 is 23.6. The van der Waals surface area contributed by atoms with Gasteiger partial charge >= 0.3 is 5.97 Å². The van der Waals surface area contributed by atoms with Gasteiger partial charge in [0.1, 0.15) is 12.2 Å². The van der Waals surface area contributed by atoms with Gasteiger partial charge < -0.3 is 75.7 Å². The predicted octanol–water partition coefficient (Wildman–Crippen LogP) is 1.87. The molecule has 0 amide bonds. The number of carbonyl (C=O) groups excluding carboxylic acids is 1. The highest BCUT2D eigenvalue weighted by Gasteiger charge is 2.47. The lowest BCUT2D eigenvalue weighted by Gasteiger charge is -2.46. The molecule has 16 nitrogen and oxygen atoms in total. The minimum atomic E-state index is -2.08. The zero-order valence-corrected chi connectivity index (χ0v) is 37.5. The van der Waals surface area contributed by atoms with Crippen molar-refractivity contribution in [1.82, 2.24) is 0 Å². The number of esters is 1. The molecule has 0 radical (unpaired) electrons. The maximum Gasteiger partial charge on any atom is 0.308 e. The number of cyclic esters (lactones) is 1. The van der Waals surface area contributed by atoms with E-state index >= 15 is 0 Å². The van der Waals surface area contributed by atoms with E-state index in [1.807, 2.05) is 55.5 Å². The van der Waals surface area contributed by atoms with Crippen LogP contribution in [0.1, 0.15) is 98.8 Å². The first-order valence-corrected chi connectivity index (χ1v) is 22.5. The summed E-state index contributed by atoms with van der Waals surface area (Å²) in [5, 5.41) is 108. The van der Waals surface area contributed by atoms with Crippen LogP contribution < -0.4 is 5.73 Å². The maximum atomic E-state index is 12.6. The standard InChI is InChI=1S/C47H77NO15/c1-28-18-16-14-12-10-8-6-7-9-11-13-15-17-19-36(62-46-45(58)42(48)44(57)32(5)61-46)25-40-30(3)38(53)26-47(59,63-40)27-39(54)37(52)21-20-33(49)22-34(50)23-35(51)24-41(55)60-31(4)29(2)43(28)56/h6-7,9,11-19,28-40,42-46,49-54,56-59H,8,10,20-27,48H2,1-5H3/b7-6+,11-9+,14-12+,15-13+,18-16+,19-17+. The molecule has 19 atom stereocenters. The van der Waals surface area contributed by atoms with Crippen molar-refractivity contribution in [1.29, 1.82) is 0 Å². The van der Waals surface area contributed by atoms with E-state index in [1.165, 1.54) is 0 Å². The van der Waals surface area contributed by atoms with Crippen LogP contribution in [0.5, 0.6) is 0 Å². The third-order valence-corrected chi connectivity index (χ3v) is 12.3. The predicted molar refractivity (Wildman–Crippen MR) is 235 cm³/mol. The van der Waals surface area contributed by atoms with Crippen molar-refractivity contribution in [2.45, 2.75) is 196 Å². The van der Waals surface area contributed by atoms with Gasteiger partial charge in [0, 0.05) is 37.0 Å². The molecule has 63 heavy (non-hydrogen) atoms. The molecule has 0 saturated carbocycles. The average molecular weight is 896 g/mol. The quantitative estimate of drug-likeness (QED) is 0.177. The molecule has 3 rings (SSSR count). The molecule has 3 aliphatic heterocycles. The third kappa shape index (κ3) is 18.6. The van der Waals surface area contributed by atoms with Crippen LogP contribution in [0, 0.1) is 17.8 Å². The lowest BCUT2D eigenvalue weighted by Crippen LogP contribution is -2.61. The summed E-state index contributed by atoms with van der Waals surface area (Å²) in [5.41, 5.74) is 6.06. The van der Waals surface area contributed by atoms with Crippen LogP contribution in [0.3, 0.4) is 0 Å². The van der Waals surface area contributed by atoms with Crippen molar-refractivity contribution in [2.24, 2.45) is 23.5 Å². The zero-order valence-electron chi connectivity index (χ0n) is 37.5. The van der Waals surface area contributed by atoms with E-state index in [0.29, 0.717) is 0 Å². The first kappa shape index (κ1) is 54.7. The van der Waals surface area contributed by atoms with E-state index in [-0.39, 0.29) is 44.4 Å². The average Bonchev–Trinajstić information content (AvgIpc) is 3.21. The van der Waals surface area contributed by atoms with Crippen LogP contribution in [0.4, 0.5) is 0 Å². The van der Waals surface area contributed by atoms with E-state index in [4.69, 9.17) is 24.7 Å². The topological polar surface area (TPSA) is 282 Å². The van der Waals surface area contributed by atoms with Gasteiger partial charge in [0.2, 0.25) is 0 Å². The van der Waals surface area contributed by atoms with Gasteiger partial charge in [-0.05, 0) is 52.4 Å². The monoisotopic (exact) mass is 896 g/mol. The number of nitrogens with two attached hydrogens (primary N) is 1. The van der Waals surface area contributed by atoms with E-state index in [1.54, 1.807) is 52.0 Å². The number of aliphatic hydroxyl groups excluding tert-OH is 9. The zero-order chi connectivity index (χ0) is 46.9. The first-order chi connectivity index (χ1) is 29.7. The van der Waals surface area contributed by atoms with Gasteiger partial charge in [-0.25, -0.2) is 0 Å². The first-order valence-electron chi connectivity index (χ1n) is 22.5. The number of hydrogen-bond acceptors (Lipinski definition) is 16. The minimum Gasteiger partial charge on any atom is -0.462 e. The SMILES string of the molecule is CC1/C=C/C=C/CC/C=C/C=C/C=C/C=C/C(OC2OC(C)C(O)C(N)C2O)CC2OC(O)(CC(O)C(O)CCC(O)CC(O)CC(O)CC(=O)OC(C)C(C)C1O)CC(O)C2C. The molecule has 2 saturated heterocycles. The molecule has 3 aliphatic rings. The van der Waals surface area contributed by atoms with Crippen molar-refractivity contribution < 1.29 is 74.8 Å². The number of ether oxygens (including phenoxy) is 4. The van der Waals surface area contributed by atoms with Gasteiger partial charge in [-0.2, -0.15) is 0 Å². The Labute approximate surface area is 372 Å². The van der Waals surface area contributed by atoms with E-state index < -0.39 is 128 Å². The summed E-state index contributed by atoms with van der Waals surface area (Å²) in [4.78, 5) is 12.6. The number of allylic oxidation sites excluding steroid dienone is 10. The van der Waals surface area contributed by atoms with Crippen molar-refractivity contribution in [3.8, 4) is 0 Å². The van der Waals surface area contributed by atoms with Gasteiger partial charge in [0.15, 0.2) is 12.1 Å². The van der Waals surface area contributed by atoms with E-state index in [0.717, 1.165) is 12.8 Å². The molecule has 0 spiro atoms. The molecule has 2 fully saturated rings. The van der Waals surface area contributed by atoms with Crippen LogP contribution in [-0.2, 0) is 23.7 Å². The maximum absolute atomic E-state index is 12.6. The second-order valence-corrected chi connectivity index (χ2v) is 17.8. The molecule has 2 bridgehead atoms. The lowest BCUT2D eigenvalue weighted by atomic mass is 9.83. The van der Waals surface area contributed by atoms with Crippen molar-refractivity contribution >= 4 is 5.97 Å². The van der Waals surface area contributed by atoms with Gasteiger partial charge in [0.25, 0.3) is 0 Å². The van der Waals surface area contributed by atoms with Crippen LogP contribution in [0.2, 0.25) is 0 Å². The number of rotatable bonds is 2. The molecule has 19 unspecified atom stereocenters. The van der Waals surface area contributed by atoms with Crippen LogP contribution in [-0.4, -0.2) is 155 Å². The Kier molecular flexibility index (Phi) is 23.5. The molecule has 0 aromatic heterocycles. The van der Waals surface area contributed by atoms with Gasteiger partial charge in [-0.3, -0.25) is 4.79 Å². The second kappa shape index (κ2) is 27.1. The summed E-state index contributed by atoms with van der Waals surface area (Å²) in [6.45, 7) is 8.64. The third-order valence-electron chi connectivity index (χ3n) is 12.3. The summed E-state index contributed by atoms with van der Waals surface area (Å²) >= 11 is 0. The van der Waals surface area contributed by atoms with Crippen LogP contribution >= 0.6 is 0 Å². The van der Waals surface area contributed by atoms with Gasteiger partial charge in [-0.15, -0.1) is 0 Å². The Bertz CT molecular complexity index is 1520. The molecular formula is C47H77NO15. The fourth-order valence-electron chi connectivity index (χ4n) is 7.95. The fourth-order valence-corrected chi connectivity index (χ4v) is 7.95. The second-order valence-electron chi connectivity index (χ2n) is 17.8. The van der Waals surface area contributed by atoms with E-state index in [2.05, 4.69) is 0 Å². The summed E-state index contributed by atoms with van der Waals surface area (Å²) in [6, 6.07) is -1.05. The Balaban J connectivity index is 1.79. The van der Waals surface area contributed by atoms with Crippen molar-refractivity contribution in [3.05, 3.63) is 72.9 Å². The van der Waals surface area contributed by atoms with Crippen LogP contribution in [0.15, 0.2) is 72.9 Å². The molecule has 0 aromatic carbocycles. The normalized spacial score (nSPS) is 46.4. The fraction of sp³-hybridized carbons (Fsp3) is 0.723. The molecule has 360 valence electrons. The van der Waals surface area contributed by atoms with Crippen molar-refractivity contribution in [3.63, 3.8) is 0 Å². The number of aliphatic hydroxyl groups is 10. The highest BCUT2D eigenvalue weighted by atomic mass is 16.7. The molecule has 0 aromatic rings. The summed E-state index contributed by atoms with van der Waals surface area (Å²) in [7, 11) is 0. The minimum absolute atomic E-state index is 0.0504. The highest BCUT2D eigenvalue weighted by molar-refractivity contribution is 5.70. The van der Waals surface area contributed by atoms with Crippen molar-refractivity contribution in [2.75, 3.05) is 0 Å². The Morgan fingerprint density at radius 3 is 1.90 bits per heavy atom. The highest BCUT2D eigenvalue weighted by Crippen LogP contribution is 2.38. The largest absolute Gasteiger partial charge is 0.462 e. The van der Waals surface area contributed by atoms with Gasteiger partial charge in [-0.1, -0.05) is 93.7 Å². The number of fused-ring (bicyclic) bond motifs is 2. The van der Waals surface area contributed by atoms with E-state index in [9.17, 15) is 55.9 Å². The van der Waals surface area contributed by atoms with Crippen LogP contribution in [0.25, 0.3) is 0 Å². The molecule has 3 heterocycles. The lowest BCUT2D eigenvalue weighted by molar-refractivity contribution is -0.310. The number of carbonyl (C=O) groups is 1. The molecule has 0 aliphatic carbocycles. The number of hydrogen-bond donors (Lipinski definition) is 11. The van der Waals surface area contributed by atoms with Gasteiger partial charge in [0.05, 0.1) is 79.6 Å². The molecule has 12 N–H and O–H groups in total. The Hall–Kier alpha value is -2.65. The molecular weight excluding hydrogens is 819 g/mol. The summed E-state index contributed by atoms with van der Waals surface area (Å²) in [6.07, 6.45) is 6.88. The Morgan fingerprint density at radius 2 is 1.22 bits per heavy atom.